The van der Waals surface area contributed by atoms with E-state index in [9.17, 15) is 4.79 Å². The SMILES string of the molecule is CC1(C)C=CC(=O)C(c2ccon2)C1. The van der Waals surface area contributed by atoms with Gasteiger partial charge in [0.1, 0.15) is 6.26 Å². The first-order valence-corrected chi connectivity index (χ1v) is 4.72. The van der Waals surface area contributed by atoms with E-state index in [1.165, 1.54) is 6.26 Å². The van der Waals surface area contributed by atoms with Crippen LogP contribution >= 0.6 is 0 Å². The van der Waals surface area contributed by atoms with Crippen LogP contribution in [0, 0.1) is 5.41 Å². The van der Waals surface area contributed by atoms with Crippen molar-refractivity contribution >= 4 is 5.78 Å². The molecule has 1 aromatic heterocycles. The van der Waals surface area contributed by atoms with Gasteiger partial charge in [0.05, 0.1) is 11.6 Å². The third kappa shape index (κ3) is 1.62. The van der Waals surface area contributed by atoms with Gasteiger partial charge >= 0.3 is 0 Å². The van der Waals surface area contributed by atoms with E-state index in [1.807, 2.05) is 6.08 Å². The third-order valence-corrected chi connectivity index (χ3v) is 2.59. The Hall–Kier alpha value is -1.38. The fourth-order valence-electron chi connectivity index (χ4n) is 1.77. The highest BCUT2D eigenvalue weighted by molar-refractivity contribution is 5.96. The van der Waals surface area contributed by atoms with Crippen molar-refractivity contribution in [3.63, 3.8) is 0 Å². The molecule has 0 aromatic carbocycles. The number of rotatable bonds is 1. The molecular formula is C11H13NO2. The van der Waals surface area contributed by atoms with Crippen molar-refractivity contribution in [1.82, 2.24) is 5.16 Å². The minimum atomic E-state index is -0.131. The van der Waals surface area contributed by atoms with Crippen LogP contribution in [0.25, 0.3) is 0 Å². The van der Waals surface area contributed by atoms with Gasteiger partial charge in [0.15, 0.2) is 5.78 Å². The van der Waals surface area contributed by atoms with Crippen LogP contribution in [0.15, 0.2) is 29.0 Å². The predicted octanol–water partition coefficient (Wildman–Crippen LogP) is 2.31. The van der Waals surface area contributed by atoms with Crippen LogP contribution in [-0.2, 0) is 4.79 Å². The first kappa shape index (κ1) is 9.19. The van der Waals surface area contributed by atoms with Crippen molar-refractivity contribution in [3.8, 4) is 0 Å². The second-order valence-electron chi connectivity index (χ2n) is 4.41. The fourth-order valence-corrected chi connectivity index (χ4v) is 1.77. The first-order chi connectivity index (χ1) is 6.58. The molecule has 0 fully saturated rings. The van der Waals surface area contributed by atoms with Gasteiger partial charge in [-0.2, -0.15) is 0 Å². The molecule has 1 aliphatic rings. The van der Waals surface area contributed by atoms with Gasteiger partial charge in [-0.3, -0.25) is 4.79 Å². The van der Waals surface area contributed by atoms with Crippen molar-refractivity contribution in [2.75, 3.05) is 0 Å². The number of hydrogen-bond donors (Lipinski definition) is 0. The molecule has 0 N–H and O–H groups in total. The summed E-state index contributed by atoms with van der Waals surface area (Å²) in [6, 6.07) is 1.76. The molecule has 3 nitrogen and oxygen atoms in total. The molecule has 0 aliphatic heterocycles. The van der Waals surface area contributed by atoms with Crippen LogP contribution in [-0.4, -0.2) is 10.9 Å². The average molecular weight is 191 g/mol. The van der Waals surface area contributed by atoms with Gasteiger partial charge < -0.3 is 4.52 Å². The summed E-state index contributed by atoms with van der Waals surface area (Å²) in [5, 5.41) is 3.83. The zero-order chi connectivity index (χ0) is 10.2. The lowest BCUT2D eigenvalue weighted by molar-refractivity contribution is -0.117. The van der Waals surface area contributed by atoms with Crippen LogP contribution in [0.1, 0.15) is 31.9 Å². The molecule has 0 radical (unpaired) electrons. The quantitative estimate of drug-likeness (QED) is 0.684. The number of aromatic nitrogens is 1. The Labute approximate surface area is 82.8 Å². The third-order valence-electron chi connectivity index (χ3n) is 2.59. The Morgan fingerprint density at radius 1 is 1.57 bits per heavy atom. The second kappa shape index (κ2) is 3.08. The van der Waals surface area contributed by atoms with Gasteiger partial charge in [0.25, 0.3) is 0 Å². The zero-order valence-electron chi connectivity index (χ0n) is 8.36. The van der Waals surface area contributed by atoms with Gasteiger partial charge in [-0.05, 0) is 17.9 Å². The van der Waals surface area contributed by atoms with E-state index in [-0.39, 0.29) is 17.1 Å². The summed E-state index contributed by atoms with van der Waals surface area (Å²) in [6.07, 6.45) is 5.93. The Kier molecular flexibility index (Phi) is 2.02. The summed E-state index contributed by atoms with van der Waals surface area (Å²) in [5.41, 5.74) is 0.810. The highest BCUT2D eigenvalue weighted by atomic mass is 16.5. The molecule has 0 amide bonds. The molecule has 1 heterocycles. The van der Waals surface area contributed by atoms with E-state index < -0.39 is 0 Å². The number of hydrogen-bond acceptors (Lipinski definition) is 3. The van der Waals surface area contributed by atoms with Gasteiger partial charge in [-0.25, -0.2) is 0 Å². The lowest BCUT2D eigenvalue weighted by atomic mass is 9.75. The van der Waals surface area contributed by atoms with Crippen molar-refractivity contribution < 1.29 is 9.32 Å². The predicted molar refractivity (Wildman–Crippen MR) is 51.8 cm³/mol. The highest BCUT2D eigenvalue weighted by Crippen LogP contribution is 2.36. The van der Waals surface area contributed by atoms with Crippen molar-refractivity contribution in [1.29, 1.82) is 0 Å². The van der Waals surface area contributed by atoms with Crippen LogP contribution in [0.3, 0.4) is 0 Å². The van der Waals surface area contributed by atoms with E-state index in [1.54, 1.807) is 12.1 Å². The number of allylic oxidation sites excluding steroid dienone is 2. The van der Waals surface area contributed by atoms with Gasteiger partial charge in [-0.15, -0.1) is 0 Å². The molecule has 0 bridgehead atoms. The molecule has 2 rings (SSSR count). The van der Waals surface area contributed by atoms with Gasteiger partial charge in [0.2, 0.25) is 0 Å². The Morgan fingerprint density at radius 2 is 2.36 bits per heavy atom. The minimum Gasteiger partial charge on any atom is -0.364 e. The molecule has 1 aliphatic carbocycles. The number of carbonyl (C=O) groups excluding carboxylic acids is 1. The summed E-state index contributed by atoms with van der Waals surface area (Å²) in [5.74, 6) is -0.00743. The number of ketones is 1. The standard InChI is InChI=1S/C11H13NO2/c1-11(2)5-3-10(13)8(7-11)9-4-6-14-12-9/h3-6,8H,7H2,1-2H3. The summed E-state index contributed by atoms with van der Waals surface area (Å²) < 4.78 is 4.76. The summed E-state index contributed by atoms with van der Waals surface area (Å²) >= 11 is 0. The first-order valence-electron chi connectivity index (χ1n) is 4.72. The molecule has 1 aromatic rings. The van der Waals surface area contributed by atoms with Crippen LogP contribution in [0.2, 0.25) is 0 Å². The maximum absolute atomic E-state index is 11.6. The van der Waals surface area contributed by atoms with Crippen LogP contribution in [0.5, 0.6) is 0 Å². The van der Waals surface area contributed by atoms with Crippen molar-refractivity contribution in [3.05, 3.63) is 30.2 Å². The summed E-state index contributed by atoms with van der Waals surface area (Å²) in [7, 11) is 0. The molecule has 0 saturated heterocycles. The fraction of sp³-hybridized carbons (Fsp3) is 0.455. The van der Waals surface area contributed by atoms with Crippen LogP contribution < -0.4 is 0 Å². The van der Waals surface area contributed by atoms with Crippen molar-refractivity contribution in [2.24, 2.45) is 5.41 Å². The second-order valence-corrected chi connectivity index (χ2v) is 4.41. The summed E-state index contributed by atoms with van der Waals surface area (Å²) in [4.78, 5) is 11.6. The summed E-state index contributed by atoms with van der Waals surface area (Å²) in [6.45, 7) is 4.23. The Balaban J connectivity index is 2.30. The van der Waals surface area contributed by atoms with E-state index in [2.05, 4.69) is 19.0 Å². The van der Waals surface area contributed by atoms with E-state index >= 15 is 0 Å². The Morgan fingerprint density at radius 3 is 3.00 bits per heavy atom. The van der Waals surface area contributed by atoms with E-state index in [4.69, 9.17) is 4.52 Å². The number of nitrogens with zero attached hydrogens (tertiary/aromatic N) is 1. The molecule has 3 heteroatoms. The average Bonchev–Trinajstić information content (AvgIpc) is 2.62. The molecule has 1 unspecified atom stereocenters. The molecule has 74 valence electrons. The maximum Gasteiger partial charge on any atom is 0.164 e. The lowest BCUT2D eigenvalue weighted by Gasteiger charge is -2.28. The van der Waals surface area contributed by atoms with Crippen LogP contribution in [0.4, 0.5) is 0 Å². The lowest BCUT2D eigenvalue weighted by Crippen LogP contribution is -2.24. The molecule has 0 spiro atoms. The van der Waals surface area contributed by atoms with Crippen molar-refractivity contribution in [2.45, 2.75) is 26.2 Å². The molecule has 14 heavy (non-hydrogen) atoms. The van der Waals surface area contributed by atoms with E-state index in [0.717, 1.165) is 12.1 Å². The Bertz CT molecular complexity index is 363. The smallest absolute Gasteiger partial charge is 0.164 e. The molecular weight excluding hydrogens is 178 g/mol. The topological polar surface area (TPSA) is 43.1 Å². The number of carbonyl (C=O) groups is 1. The normalized spacial score (nSPS) is 25.3. The largest absolute Gasteiger partial charge is 0.364 e. The van der Waals surface area contributed by atoms with E-state index in [0.29, 0.717) is 0 Å². The zero-order valence-corrected chi connectivity index (χ0v) is 8.36. The van der Waals surface area contributed by atoms with Gasteiger partial charge in [-0.1, -0.05) is 25.1 Å². The van der Waals surface area contributed by atoms with Gasteiger partial charge in [0, 0.05) is 6.07 Å². The minimum absolute atomic E-state index is 0.0670. The molecule has 1 atom stereocenters. The monoisotopic (exact) mass is 191 g/mol. The maximum atomic E-state index is 11.6. The molecule has 0 saturated carbocycles. The highest BCUT2D eigenvalue weighted by Gasteiger charge is 2.31.